The summed E-state index contributed by atoms with van der Waals surface area (Å²) in [6, 6.07) is 10.8. The molecule has 2 rings (SSSR count). The van der Waals surface area contributed by atoms with Gasteiger partial charge < -0.3 is 15.5 Å². The van der Waals surface area contributed by atoms with E-state index in [0.29, 0.717) is 38.4 Å². The van der Waals surface area contributed by atoms with Crippen LogP contribution in [-0.2, 0) is 23.8 Å². The number of amides is 1. The van der Waals surface area contributed by atoms with Gasteiger partial charge in [0.05, 0.1) is 5.56 Å². The van der Waals surface area contributed by atoms with Crippen molar-refractivity contribution in [2.24, 2.45) is 4.99 Å². The van der Waals surface area contributed by atoms with Crippen molar-refractivity contribution in [3.05, 3.63) is 65.5 Å². The Morgan fingerprint density at radius 1 is 1.10 bits per heavy atom. The van der Waals surface area contributed by atoms with Crippen LogP contribution < -0.4 is 10.6 Å². The molecule has 168 valence electrons. The number of hydrogen-bond donors (Lipinski definition) is 2. The minimum atomic E-state index is -4.33. The smallest absolute Gasteiger partial charge is 0.357 e. The van der Waals surface area contributed by atoms with E-state index in [4.69, 9.17) is 0 Å². The summed E-state index contributed by atoms with van der Waals surface area (Å²) in [4.78, 5) is 22.5. The third-order valence-electron chi connectivity index (χ3n) is 4.56. The van der Waals surface area contributed by atoms with E-state index in [1.165, 1.54) is 12.1 Å². The standard InChI is InChI=1S/C22H28F3N5O/c1-3-26-21(28-14-11-17-7-9-18(10-8-17)22(23,24)25)29-16-20(31)30(2)15-12-19-6-4-5-13-27-19/h4-10,13H,3,11-12,14-16H2,1-2H3,(H2,26,28,29). The first-order chi connectivity index (χ1) is 14.8. The lowest BCUT2D eigenvalue weighted by molar-refractivity contribution is -0.137. The molecule has 0 unspecified atom stereocenters. The number of hydrogen-bond acceptors (Lipinski definition) is 3. The summed E-state index contributed by atoms with van der Waals surface area (Å²) in [6.45, 7) is 3.54. The SMILES string of the molecule is CCNC(=NCC(=O)N(C)CCc1ccccn1)NCCc1ccc(C(F)(F)F)cc1. The van der Waals surface area contributed by atoms with Crippen LogP contribution in [-0.4, -0.2) is 55.0 Å². The van der Waals surface area contributed by atoms with Crippen molar-refractivity contribution in [3.63, 3.8) is 0 Å². The van der Waals surface area contributed by atoms with E-state index >= 15 is 0 Å². The molecule has 2 aromatic rings. The molecule has 0 saturated carbocycles. The van der Waals surface area contributed by atoms with Gasteiger partial charge in [-0.25, -0.2) is 4.99 Å². The third kappa shape index (κ3) is 8.65. The summed E-state index contributed by atoms with van der Waals surface area (Å²) in [6.07, 6.45) is -1.42. The number of halogens is 3. The first-order valence-electron chi connectivity index (χ1n) is 10.1. The Labute approximate surface area is 180 Å². The molecule has 0 saturated heterocycles. The molecule has 1 aromatic carbocycles. The molecule has 31 heavy (non-hydrogen) atoms. The minimum absolute atomic E-state index is 0.00562. The second kappa shape index (κ2) is 11.9. The van der Waals surface area contributed by atoms with E-state index in [1.807, 2.05) is 25.1 Å². The number of nitrogens with zero attached hydrogens (tertiary/aromatic N) is 3. The molecule has 1 amide bonds. The van der Waals surface area contributed by atoms with E-state index < -0.39 is 11.7 Å². The Bertz CT molecular complexity index is 838. The zero-order valence-corrected chi connectivity index (χ0v) is 17.7. The normalized spacial score (nSPS) is 11.8. The number of aromatic nitrogens is 1. The van der Waals surface area contributed by atoms with Crippen molar-refractivity contribution >= 4 is 11.9 Å². The predicted octanol–water partition coefficient (Wildman–Crippen LogP) is 2.90. The molecule has 0 aliphatic carbocycles. The molecule has 9 heteroatoms. The average molecular weight is 435 g/mol. The highest BCUT2D eigenvalue weighted by Crippen LogP contribution is 2.29. The fraction of sp³-hybridized carbons (Fsp3) is 0.409. The largest absolute Gasteiger partial charge is 0.416 e. The van der Waals surface area contributed by atoms with Crippen molar-refractivity contribution in [2.45, 2.75) is 25.9 Å². The van der Waals surface area contributed by atoms with Crippen LogP contribution in [0.15, 0.2) is 53.7 Å². The summed E-state index contributed by atoms with van der Waals surface area (Å²) < 4.78 is 37.9. The number of alkyl halides is 3. The van der Waals surface area contributed by atoms with Crippen molar-refractivity contribution < 1.29 is 18.0 Å². The summed E-state index contributed by atoms with van der Waals surface area (Å²) >= 11 is 0. The van der Waals surface area contributed by atoms with Crippen LogP contribution in [0.4, 0.5) is 13.2 Å². The molecule has 0 fully saturated rings. The Hall–Kier alpha value is -3.10. The number of carbonyl (C=O) groups excluding carboxylic acids is 1. The van der Waals surface area contributed by atoms with Crippen LogP contribution in [0.1, 0.15) is 23.7 Å². The van der Waals surface area contributed by atoms with Gasteiger partial charge in [-0.2, -0.15) is 13.2 Å². The van der Waals surface area contributed by atoms with Crippen LogP contribution in [0.5, 0.6) is 0 Å². The first kappa shape index (κ1) is 24.2. The van der Waals surface area contributed by atoms with Crippen LogP contribution in [0.25, 0.3) is 0 Å². The highest BCUT2D eigenvalue weighted by molar-refractivity contribution is 5.84. The average Bonchev–Trinajstić information content (AvgIpc) is 2.76. The molecular weight excluding hydrogens is 407 g/mol. The number of aliphatic imine (C=N–C) groups is 1. The van der Waals surface area contributed by atoms with Crippen LogP contribution in [0, 0.1) is 0 Å². The fourth-order valence-electron chi connectivity index (χ4n) is 2.75. The van der Waals surface area contributed by atoms with Gasteiger partial charge in [-0.1, -0.05) is 18.2 Å². The zero-order valence-electron chi connectivity index (χ0n) is 17.7. The van der Waals surface area contributed by atoms with Crippen LogP contribution in [0.3, 0.4) is 0 Å². The molecule has 0 atom stereocenters. The topological polar surface area (TPSA) is 69.6 Å². The van der Waals surface area contributed by atoms with Gasteiger partial charge in [0.25, 0.3) is 0 Å². The van der Waals surface area contributed by atoms with Crippen molar-refractivity contribution in [1.29, 1.82) is 0 Å². The number of likely N-dealkylation sites (N-methyl/N-ethyl adjacent to an activating group) is 1. The van der Waals surface area contributed by atoms with E-state index in [1.54, 1.807) is 18.1 Å². The molecule has 1 aromatic heterocycles. The predicted molar refractivity (Wildman–Crippen MR) is 115 cm³/mol. The lowest BCUT2D eigenvalue weighted by Crippen LogP contribution is -2.39. The molecule has 0 spiro atoms. The van der Waals surface area contributed by atoms with E-state index in [9.17, 15) is 18.0 Å². The monoisotopic (exact) mass is 435 g/mol. The Balaban J connectivity index is 1.80. The molecule has 0 aliphatic rings. The number of benzene rings is 1. The number of pyridine rings is 1. The fourth-order valence-corrected chi connectivity index (χ4v) is 2.75. The lowest BCUT2D eigenvalue weighted by atomic mass is 10.1. The Kier molecular flexibility index (Phi) is 9.30. The van der Waals surface area contributed by atoms with Crippen molar-refractivity contribution in [1.82, 2.24) is 20.5 Å². The van der Waals surface area contributed by atoms with Gasteiger partial charge >= 0.3 is 6.18 Å². The van der Waals surface area contributed by atoms with Crippen LogP contribution in [0.2, 0.25) is 0 Å². The minimum Gasteiger partial charge on any atom is -0.357 e. The summed E-state index contributed by atoms with van der Waals surface area (Å²) in [5, 5.41) is 6.16. The number of guanidine groups is 1. The number of nitrogens with one attached hydrogen (secondary N) is 2. The summed E-state index contributed by atoms with van der Waals surface area (Å²) in [5.74, 6) is 0.372. The van der Waals surface area contributed by atoms with Gasteiger partial charge in [0.1, 0.15) is 6.54 Å². The summed E-state index contributed by atoms with van der Waals surface area (Å²) in [5.41, 5.74) is 1.04. The molecular formula is C22H28F3N5O. The maximum absolute atomic E-state index is 12.6. The lowest BCUT2D eigenvalue weighted by Gasteiger charge is -2.16. The second-order valence-electron chi connectivity index (χ2n) is 6.95. The molecule has 0 radical (unpaired) electrons. The first-order valence-corrected chi connectivity index (χ1v) is 10.1. The van der Waals surface area contributed by atoms with E-state index in [-0.39, 0.29) is 12.5 Å². The molecule has 0 bridgehead atoms. The molecule has 6 nitrogen and oxygen atoms in total. The maximum Gasteiger partial charge on any atom is 0.416 e. The Morgan fingerprint density at radius 3 is 2.45 bits per heavy atom. The van der Waals surface area contributed by atoms with Gasteiger partial charge in [-0.15, -0.1) is 0 Å². The van der Waals surface area contributed by atoms with Crippen LogP contribution >= 0.6 is 0 Å². The van der Waals surface area contributed by atoms with Crippen molar-refractivity contribution in [3.8, 4) is 0 Å². The quantitative estimate of drug-likeness (QED) is 0.470. The second-order valence-corrected chi connectivity index (χ2v) is 6.95. The van der Waals surface area contributed by atoms with E-state index in [2.05, 4.69) is 20.6 Å². The maximum atomic E-state index is 12.6. The zero-order chi connectivity index (χ0) is 22.7. The molecule has 2 N–H and O–H groups in total. The third-order valence-corrected chi connectivity index (χ3v) is 4.56. The molecule has 1 heterocycles. The highest BCUT2D eigenvalue weighted by atomic mass is 19.4. The highest BCUT2D eigenvalue weighted by Gasteiger charge is 2.29. The number of rotatable bonds is 9. The summed E-state index contributed by atoms with van der Waals surface area (Å²) in [7, 11) is 1.73. The van der Waals surface area contributed by atoms with Gasteiger partial charge in [0.2, 0.25) is 5.91 Å². The van der Waals surface area contributed by atoms with Gasteiger partial charge in [-0.3, -0.25) is 9.78 Å². The van der Waals surface area contributed by atoms with Crippen molar-refractivity contribution in [2.75, 3.05) is 33.2 Å². The van der Waals surface area contributed by atoms with E-state index in [0.717, 1.165) is 23.4 Å². The molecule has 0 aliphatic heterocycles. The van der Waals surface area contributed by atoms with Gasteiger partial charge in [0.15, 0.2) is 5.96 Å². The van der Waals surface area contributed by atoms with Gasteiger partial charge in [-0.05, 0) is 43.2 Å². The Morgan fingerprint density at radius 2 is 1.84 bits per heavy atom. The number of carbonyl (C=O) groups is 1. The van der Waals surface area contributed by atoms with Gasteiger partial charge in [0, 0.05) is 45.0 Å².